The van der Waals surface area contributed by atoms with Gasteiger partial charge in [-0.1, -0.05) is 0 Å². The van der Waals surface area contributed by atoms with Crippen LogP contribution < -0.4 is 5.73 Å². The summed E-state index contributed by atoms with van der Waals surface area (Å²) < 4.78 is 0. The Hall–Kier alpha value is -0.490. The number of hydrogen-bond donors (Lipinski definition) is 4. The van der Waals surface area contributed by atoms with E-state index in [0.29, 0.717) is 0 Å². The maximum absolute atomic E-state index is 10.8. The molecule has 11 heavy (non-hydrogen) atoms. The quantitative estimate of drug-likeness (QED) is 0.370. The monoisotopic (exact) mass is 163 g/mol. The lowest BCUT2D eigenvalue weighted by molar-refractivity contribution is -0.134. The van der Waals surface area contributed by atoms with E-state index in [9.17, 15) is 4.79 Å². The number of nitrogens with two attached hydrogens (primary N) is 1. The van der Waals surface area contributed by atoms with Gasteiger partial charge < -0.3 is 21.1 Å². The second kappa shape index (κ2) is 4.40. The molecule has 0 aromatic rings. The van der Waals surface area contributed by atoms with Crippen LogP contribution in [-0.4, -0.2) is 46.0 Å². The molecule has 0 fully saturated rings. The average molecular weight is 163 g/mol. The van der Waals surface area contributed by atoms with E-state index in [1.807, 2.05) is 0 Å². The maximum atomic E-state index is 10.8. The molecule has 0 aliphatic carbocycles. The number of carbonyl (C=O) groups is 1. The molecule has 0 spiro atoms. The minimum Gasteiger partial charge on any atom is -0.394 e. The number of Topliss-reactive ketones (excluding diaryl/α,β-unsaturated/α-hetero) is 1. The molecule has 0 radical (unpaired) electrons. The summed E-state index contributed by atoms with van der Waals surface area (Å²) >= 11 is 0. The van der Waals surface area contributed by atoms with E-state index in [1.165, 1.54) is 6.92 Å². The van der Waals surface area contributed by atoms with Crippen LogP contribution in [0.4, 0.5) is 0 Å². The summed E-state index contributed by atoms with van der Waals surface area (Å²) in [5.41, 5.74) is 5.08. The normalized spacial score (nSPS) is 19.0. The van der Waals surface area contributed by atoms with Crippen LogP contribution in [0.1, 0.15) is 6.92 Å². The van der Waals surface area contributed by atoms with Crippen LogP contribution in [-0.2, 0) is 4.79 Å². The van der Waals surface area contributed by atoms with E-state index in [0.717, 1.165) is 0 Å². The van der Waals surface area contributed by atoms with E-state index >= 15 is 0 Å². The summed E-state index contributed by atoms with van der Waals surface area (Å²) in [6.45, 7) is 0.745. The molecule has 0 bridgehead atoms. The van der Waals surface area contributed by atoms with Crippen molar-refractivity contribution in [3.05, 3.63) is 0 Å². The Morgan fingerprint density at radius 1 is 1.55 bits per heavy atom. The first-order valence-electron chi connectivity index (χ1n) is 3.27. The van der Waals surface area contributed by atoms with Crippen molar-refractivity contribution >= 4 is 5.78 Å². The van der Waals surface area contributed by atoms with Crippen molar-refractivity contribution in [2.45, 2.75) is 25.2 Å². The summed E-state index contributed by atoms with van der Waals surface area (Å²) in [5, 5.41) is 26.0. The van der Waals surface area contributed by atoms with Gasteiger partial charge in [-0.15, -0.1) is 0 Å². The SMILES string of the molecule is C[C@@H](O)[C@H](O)C(=O)[C@@H](N)CO. The van der Waals surface area contributed by atoms with Gasteiger partial charge in [-0.2, -0.15) is 0 Å². The van der Waals surface area contributed by atoms with E-state index < -0.39 is 30.6 Å². The first-order chi connectivity index (χ1) is 5.00. The number of aliphatic hydroxyl groups excluding tert-OH is 3. The van der Waals surface area contributed by atoms with Crippen molar-refractivity contribution in [2.75, 3.05) is 6.61 Å². The molecule has 0 heterocycles. The Morgan fingerprint density at radius 3 is 2.27 bits per heavy atom. The fraction of sp³-hybridized carbons (Fsp3) is 0.833. The molecule has 0 saturated carbocycles. The Morgan fingerprint density at radius 2 is 2.00 bits per heavy atom. The first kappa shape index (κ1) is 10.5. The molecular formula is C6H13NO4. The maximum Gasteiger partial charge on any atom is 0.182 e. The minimum atomic E-state index is -1.50. The second-order valence-electron chi connectivity index (χ2n) is 2.38. The standard InChI is InChI=1S/C6H13NO4/c1-3(9)5(10)6(11)4(7)2-8/h3-5,8-10H,2,7H2,1H3/t3-,4+,5+/m1/s1. The lowest BCUT2D eigenvalue weighted by Gasteiger charge is -2.15. The number of aliphatic hydroxyl groups is 3. The Bertz CT molecular complexity index is 137. The van der Waals surface area contributed by atoms with Crippen molar-refractivity contribution in [3.63, 3.8) is 0 Å². The smallest absolute Gasteiger partial charge is 0.182 e. The van der Waals surface area contributed by atoms with Gasteiger partial charge >= 0.3 is 0 Å². The van der Waals surface area contributed by atoms with Gasteiger partial charge in [0, 0.05) is 0 Å². The van der Waals surface area contributed by atoms with Crippen molar-refractivity contribution in [2.24, 2.45) is 5.73 Å². The van der Waals surface area contributed by atoms with E-state index in [-0.39, 0.29) is 0 Å². The highest BCUT2D eigenvalue weighted by Gasteiger charge is 2.25. The van der Waals surface area contributed by atoms with Gasteiger partial charge in [0.15, 0.2) is 5.78 Å². The highest BCUT2D eigenvalue weighted by molar-refractivity contribution is 5.88. The molecule has 0 aliphatic heterocycles. The van der Waals surface area contributed by atoms with Crippen LogP contribution in [0, 0.1) is 0 Å². The summed E-state index contributed by atoms with van der Waals surface area (Å²) in [6, 6.07) is -1.11. The molecule has 0 aromatic carbocycles. The first-order valence-corrected chi connectivity index (χ1v) is 3.27. The van der Waals surface area contributed by atoms with E-state index in [2.05, 4.69) is 0 Å². The Kier molecular flexibility index (Phi) is 4.20. The zero-order valence-electron chi connectivity index (χ0n) is 6.27. The molecule has 3 atom stereocenters. The molecular weight excluding hydrogens is 150 g/mol. The molecule has 0 aliphatic rings. The van der Waals surface area contributed by atoms with Gasteiger partial charge in [0.1, 0.15) is 6.10 Å². The van der Waals surface area contributed by atoms with Gasteiger partial charge in [-0.05, 0) is 6.92 Å². The van der Waals surface area contributed by atoms with Crippen molar-refractivity contribution < 1.29 is 20.1 Å². The van der Waals surface area contributed by atoms with Gasteiger partial charge in [0.2, 0.25) is 0 Å². The summed E-state index contributed by atoms with van der Waals surface area (Å²) in [4.78, 5) is 10.8. The van der Waals surface area contributed by atoms with E-state index in [4.69, 9.17) is 21.1 Å². The Balaban J connectivity index is 4.02. The zero-order chi connectivity index (χ0) is 9.02. The number of hydrogen-bond acceptors (Lipinski definition) is 5. The lowest BCUT2D eigenvalue weighted by Crippen LogP contribution is -2.45. The van der Waals surface area contributed by atoms with Crippen LogP contribution >= 0.6 is 0 Å². The predicted octanol–water partition coefficient (Wildman–Crippen LogP) is -2.38. The van der Waals surface area contributed by atoms with Crippen molar-refractivity contribution in [1.29, 1.82) is 0 Å². The summed E-state index contributed by atoms with van der Waals surface area (Å²) in [7, 11) is 0. The van der Waals surface area contributed by atoms with Crippen molar-refractivity contribution in [1.82, 2.24) is 0 Å². The molecule has 0 saturated heterocycles. The molecule has 66 valence electrons. The van der Waals surface area contributed by atoms with Crippen LogP contribution in [0.2, 0.25) is 0 Å². The largest absolute Gasteiger partial charge is 0.394 e. The van der Waals surface area contributed by atoms with Gasteiger partial charge in [-0.3, -0.25) is 4.79 Å². The third kappa shape index (κ3) is 2.94. The summed E-state index contributed by atoms with van der Waals surface area (Å²) in [6.07, 6.45) is -2.66. The summed E-state index contributed by atoms with van der Waals surface area (Å²) in [5.74, 6) is -0.748. The molecule has 5 nitrogen and oxygen atoms in total. The molecule has 0 amide bonds. The molecule has 0 aromatic heterocycles. The number of carbonyl (C=O) groups excluding carboxylic acids is 1. The fourth-order valence-electron chi connectivity index (χ4n) is 0.547. The van der Waals surface area contributed by atoms with Crippen molar-refractivity contribution in [3.8, 4) is 0 Å². The highest BCUT2D eigenvalue weighted by Crippen LogP contribution is 1.96. The second-order valence-corrected chi connectivity index (χ2v) is 2.38. The fourth-order valence-corrected chi connectivity index (χ4v) is 0.547. The third-order valence-electron chi connectivity index (χ3n) is 1.31. The molecule has 5 heteroatoms. The number of ketones is 1. The predicted molar refractivity (Wildman–Crippen MR) is 37.8 cm³/mol. The van der Waals surface area contributed by atoms with Crippen LogP contribution in [0.25, 0.3) is 0 Å². The van der Waals surface area contributed by atoms with Gasteiger partial charge in [0.25, 0.3) is 0 Å². The molecule has 0 unspecified atom stereocenters. The third-order valence-corrected chi connectivity index (χ3v) is 1.31. The van der Waals surface area contributed by atoms with Crippen LogP contribution in [0.15, 0.2) is 0 Å². The minimum absolute atomic E-state index is 0.525. The van der Waals surface area contributed by atoms with E-state index in [1.54, 1.807) is 0 Å². The number of rotatable bonds is 4. The topological polar surface area (TPSA) is 104 Å². The van der Waals surface area contributed by atoms with Crippen LogP contribution in [0.5, 0.6) is 0 Å². The van der Waals surface area contributed by atoms with Crippen LogP contribution in [0.3, 0.4) is 0 Å². The lowest BCUT2D eigenvalue weighted by atomic mass is 10.1. The Labute approximate surface area is 64.4 Å². The van der Waals surface area contributed by atoms with Gasteiger partial charge in [0.05, 0.1) is 18.8 Å². The highest BCUT2D eigenvalue weighted by atomic mass is 16.3. The molecule has 0 rings (SSSR count). The van der Waals surface area contributed by atoms with Gasteiger partial charge in [-0.25, -0.2) is 0 Å². The average Bonchev–Trinajstić information content (AvgIpc) is 2.00. The zero-order valence-corrected chi connectivity index (χ0v) is 6.27. The molecule has 5 N–H and O–H groups in total.